The highest BCUT2D eigenvalue weighted by Crippen LogP contribution is 2.11. The molecule has 0 aliphatic heterocycles. The third kappa shape index (κ3) is 4.36. The van der Waals surface area contributed by atoms with Gasteiger partial charge in [0.2, 0.25) is 0 Å². The maximum absolute atomic E-state index is 11.8. The third-order valence-corrected chi connectivity index (χ3v) is 3.70. The summed E-state index contributed by atoms with van der Waals surface area (Å²) in [5.41, 5.74) is 2.11. The van der Waals surface area contributed by atoms with Crippen LogP contribution in [0.2, 0.25) is 0 Å². The van der Waals surface area contributed by atoms with E-state index < -0.39 is 0 Å². The molecule has 0 saturated heterocycles. The number of carbonyl (C=O) groups excluding carboxylic acids is 1. The van der Waals surface area contributed by atoms with E-state index >= 15 is 0 Å². The van der Waals surface area contributed by atoms with E-state index in [4.69, 9.17) is 0 Å². The number of nitrogens with one attached hydrogen (secondary N) is 2. The van der Waals surface area contributed by atoms with Crippen molar-refractivity contribution in [3.63, 3.8) is 0 Å². The highest BCUT2D eigenvalue weighted by molar-refractivity contribution is 7.07. The van der Waals surface area contributed by atoms with Gasteiger partial charge >= 0.3 is 6.03 Å². The Bertz CT molecular complexity index is 514. The number of aliphatic hydroxyl groups excluding tert-OH is 1. The topological polar surface area (TPSA) is 61.4 Å². The lowest BCUT2D eigenvalue weighted by Gasteiger charge is -2.17. The van der Waals surface area contributed by atoms with Gasteiger partial charge in [0.15, 0.2) is 0 Å². The van der Waals surface area contributed by atoms with Crippen LogP contribution in [-0.4, -0.2) is 24.3 Å². The summed E-state index contributed by atoms with van der Waals surface area (Å²) in [6.45, 7) is 0.456. The molecule has 2 amide bonds. The Morgan fingerprint density at radius 3 is 2.70 bits per heavy atom. The van der Waals surface area contributed by atoms with Gasteiger partial charge in [0, 0.05) is 6.54 Å². The first-order valence-corrected chi connectivity index (χ1v) is 7.45. The average molecular weight is 290 g/mol. The van der Waals surface area contributed by atoms with Gasteiger partial charge < -0.3 is 15.7 Å². The number of benzene rings is 1. The number of rotatable bonds is 6. The van der Waals surface area contributed by atoms with E-state index in [1.165, 1.54) is 5.56 Å². The molecule has 0 bridgehead atoms. The standard InChI is InChI=1S/C15H18N2O2S/c18-10-14(13-4-2-1-3-5-13)17-15(19)16-8-6-12-7-9-20-11-12/h1-5,7,9,11,14,18H,6,8,10H2,(H2,16,17,19). The van der Waals surface area contributed by atoms with Crippen molar-refractivity contribution in [2.45, 2.75) is 12.5 Å². The zero-order valence-corrected chi connectivity index (χ0v) is 11.9. The average Bonchev–Trinajstić information content (AvgIpc) is 2.99. The van der Waals surface area contributed by atoms with Crippen molar-refractivity contribution in [2.75, 3.05) is 13.2 Å². The number of amides is 2. The van der Waals surface area contributed by atoms with Crippen LogP contribution in [0.4, 0.5) is 4.79 Å². The molecule has 3 N–H and O–H groups in total. The number of aliphatic hydroxyl groups is 1. The van der Waals surface area contributed by atoms with E-state index in [-0.39, 0.29) is 18.7 Å². The molecule has 5 heteroatoms. The summed E-state index contributed by atoms with van der Waals surface area (Å²) in [7, 11) is 0. The monoisotopic (exact) mass is 290 g/mol. The molecule has 106 valence electrons. The van der Waals surface area contributed by atoms with Gasteiger partial charge in [-0.15, -0.1) is 0 Å². The second kappa shape index (κ2) is 7.67. The van der Waals surface area contributed by atoms with Crippen molar-refractivity contribution in [3.8, 4) is 0 Å². The molecule has 0 spiro atoms. The molecule has 1 aromatic carbocycles. The van der Waals surface area contributed by atoms with Gasteiger partial charge in [0.25, 0.3) is 0 Å². The summed E-state index contributed by atoms with van der Waals surface area (Å²) >= 11 is 1.65. The van der Waals surface area contributed by atoms with Crippen molar-refractivity contribution in [1.29, 1.82) is 0 Å². The molecule has 1 atom stereocenters. The minimum absolute atomic E-state index is 0.123. The number of urea groups is 1. The molecule has 4 nitrogen and oxygen atoms in total. The van der Waals surface area contributed by atoms with E-state index in [2.05, 4.69) is 16.0 Å². The molecule has 0 fully saturated rings. The van der Waals surface area contributed by atoms with Crippen LogP contribution in [0.1, 0.15) is 17.2 Å². The molecule has 0 radical (unpaired) electrons. The highest BCUT2D eigenvalue weighted by atomic mass is 32.1. The summed E-state index contributed by atoms with van der Waals surface area (Å²) < 4.78 is 0. The molecular formula is C15H18N2O2S. The number of carbonyl (C=O) groups is 1. The Hall–Kier alpha value is -1.85. The smallest absolute Gasteiger partial charge is 0.315 e. The van der Waals surface area contributed by atoms with Crippen LogP contribution in [0.15, 0.2) is 47.2 Å². The van der Waals surface area contributed by atoms with Gasteiger partial charge in [-0.1, -0.05) is 30.3 Å². The number of hydrogen-bond acceptors (Lipinski definition) is 3. The number of hydrogen-bond donors (Lipinski definition) is 3. The first-order valence-electron chi connectivity index (χ1n) is 6.51. The van der Waals surface area contributed by atoms with Crippen LogP contribution >= 0.6 is 11.3 Å². The third-order valence-electron chi connectivity index (χ3n) is 2.97. The molecule has 0 saturated carbocycles. The largest absolute Gasteiger partial charge is 0.394 e. The predicted octanol–water partition coefficient (Wildman–Crippen LogP) is 2.32. The zero-order valence-electron chi connectivity index (χ0n) is 11.1. The lowest BCUT2D eigenvalue weighted by Crippen LogP contribution is -2.40. The summed E-state index contributed by atoms with van der Waals surface area (Å²) in [5.74, 6) is 0. The second-order valence-electron chi connectivity index (χ2n) is 4.43. The molecule has 1 aromatic heterocycles. The summed E-state index contributed by atoms with van der Waals surface area (Å²) in [4.78, 5) is 11.8. The molecule has 2 rings (SSSR count). The Morgan fingerprint density at radius 2 is 2.05 bits per heavy atom. The normalized spacial score (nSPS) is 11.8. The Morgan fingerprint density at radius 1 is 1.25 bits per heavy atom. The lowest BCUT2D eigenvalue weighted by atomic mass is 10.1. The maximum atomic E-state index is 11.8. The van der Waals surface area contributed by atoms with Gasteiger partial charge in [-0.05, 0) is 34.4 Å². The van der Waals surface area contributed by atoms with Gasteiger partial charge in [0.1, 0.15) is 0 Å². The molecule has 0 aliphatic rings. The van der Waals surface area contributed by atoms with E-state index in [1.54, 1.807) is 11.3 Å². The molecular weight excluding hydrogens is 272 g/mol. The van der Waals surface area contributed by atoms with Crippen molar-refractivity contribution >= 4 is 17.4 Å². The Balaban J connectivity index is 1.78. The van der Waals surface area contributed by atoms with Crippen LogP contribution in [0.5, 0.6) is 0 Å². The molecule has 1 unspecified atom stereocenters. The van der Waals surface area contributed by atoms with E-state index in [0.29, 0.717) is 6.54 Å². The van der Waals surface area contributed by atoms with Gasteiger partial charge in [0.05, 0.1) is 12.6 Å². The quantitative estimate of drug-likeness (QED) is 0.764. The predicted molar refractivity (Wildman–Crippen MR) is 80.8 cm³/mol. The molecule has 0 aliphatic carbocycles. The molecule has 1 heterocycles. The van der Waals surface area contributed by atoms with Crippen LogP contribution < -0.4 is 10.6 Å². The fraction of sp³-hybridized carbons (Fsp3) is 0.267. The van der Waals surface area contributed by atoms with Crippen LogP contribution in [-0.2, 0) is 6.42 Å². The van der Waals surface area contributed by atoms with Crippen molar-refractivity contribution in [1.82, 2.24) is 10.6 Å². The van der Waals surface area contributed by atoms with E-state index in [9.17, 15) is 9.90 Å². The van der Waals surface area contributed by atoms with Gasteiger partial charge in [-0.3, -0.25) is 0 Å². The minimum atomic E-state index is -0.377. The Kier molecular flexibility index (Phi) is 5.58. The fourth-order valence-electron chi connectivity index (χ4n) is 1.88. The summed E-state index contributed by atoms with van der Waals surface area (Å²) in [6.07, 6.45) is 0.812. The summed E-state index contributed by atoms with van der Waals surface area (Å²) in [6, 6.07) is 10.8. The van der Waals surface area contributed by atoms with Gasteiger partial charge in [-0.25, -0.2) is 4.79 Å². The number of thiophene rings is 1. The minimum Gasteiger partial charge on any atom is -0.394 e. The van der Waals surface area contributed by atoms with Crippen molar-refractivity contribution in [3.05, 3.63) is 58.3 Å². The molecule has 20 heavy (non-hydrogen) atoms. The fourth-order valence-corrected chi connectivity index (χ4v) is 2.59. The summed E-state index contributed by atoms with van der Waals surface area (Å²) in [5, 5.41) is 19.0. The van der Waals surface area contributed by atoms with E-state index in [0.717, 1.165) is 12.0 Å². The zero-order chi connectivity index (χ0) is 14.2. The van der Waals surface area contributed by atoms with Crippen molar-refractivity contribution in [2.24, 2.45) is 0 Å². The highest BCUT2D eigenvalue weighted by Gasteiger charge is 2.12. The van der Waals surface area contributed by atoms with E-state index in [1.807, 2.05) is 41.8 Å². The second-order valence-corrected chi connectivity index (χ2v) is 5.21. The SMILES string of the molecule is O=C(NCCc1ccsc1)NC(CO)c1ccccc1. The van der Waals surface area contributed by atoms with Crippen LogP contribution in [0.25, 0.3) is 0 Å². The van der Waals surface area contributed by atoms with Crippen molar-refractivity contribution < 1.29 is 9.90 Å². The first-order chi connectivity index (χ1) is 9.79. The lowest BCUT2D eigenvalue weighted by molar-refractivity contribution is 0.217. The molecule has 2 aromatic rings. The first kappa shape index (κ1) is 14.6. The van der Waals surface area contributed by atoms with Gasteiger partial charge in [-0.2, -0.15) is 11.3 Å². The van der Waals surface area contributed by atoms with Crippen LogP contribution in [0, 0.1) is 0 Å². The van der Waals surface area contributed by atoms with Crippen LogP contribution in [0.3, 0.4) is 0 Å². The maximum Gasteiger partial charge on any atom is 0.315 e. The Labute approximate surface area is 122 Å².